The second-order valence-electron chi connectivity index (χ2n) is 10.4. The molecule has 0 spiro atoms. The SMILES string of the molecule is CC(C)c1c(C(=O)Nc2ccccc2)c(-c2ccccc2)c(-c2ccc(F)cc2)n1CCC(O)CC(O)CC(=O)O.[Ca]. The first-order chi connectivity index (χ1) is 19.7. The second kappa shape index (κ2) is 15.5. The predicted octanol–water partition coefficient (Wildman–Crippen LogP) is 5.93. The zero-order valence-electron chi connectivity index (χ0n) is 23.8. The van der Waals surface area contributed by atoms with Crippen LogP contribution >= 0.6 is 0 Å². The first-order valence-corrected chi connectivity index (χ1v) is 13.7. The maximum Gasteiger partial charge on any atom is 0.305 e. The van der Waals surface area contributed by atoms with Crippen molar-refractivity contribution in [1.82, 2.24) is 4.57 Å². The number of rotatable bonds is 12. The molecule has 0 saturated heterocycles. The van der Waals surface area contributed by atoms with Crippen molar-refractivity contribution in [2.24, 2.45) is 0 Å². The van der Waals surface area contributed by atoms with Crippen molar-refractivity contribution in [3.63, 3.8) is 0 Å². The number of carbonyl (C=O) groups is 2. The number of hydrogen-bond acceptors (Lipinski definition) is 4. The van der Waals surface area contributed by atoms with Crippen molar-refractivity contribution in [3.05, 3.63) is 102 Å². The number of nitrogens with one attached hydrogen (secondary N) is 1. The molecule has 1 aromatic heterocycles. The first kappa shape index (κ1) is 33.5. The summed E-state index contributed by atoms with van der Waals surface area (Å²) < 4.78 is 16.0. The topological polar surface area (TPSA) is 112 Å². The zero-order chi connectivity index (χ0) is 29.5. The summed E-state index contributed by atoms with van der Waals surface area (Å²) in [6.45, 7) is 4.25. The Hall–Kier alpha value is -3.01. The van der Waals surface area contributed by atoms with Gasteiger partial charge in [-0.2, -0.15) is 0 Å². The number of aliphatic hydroxyl groups is 2. The fourth-order valence-electron chi connectivity index (χ4n) is 5.20. The minimum Gasteiger partial charge on any atom is -0.481 e. The van der Waals surface area contributed by atoms with E-state index in [9.17, 15) is 24.2 Å². The van der Waals surface area contributed by atoms with Crippen LogP contribution in [0.15, 0.2) is 84.9 Å². The largest absolute Gasteiger partial charge is 0.481 e. The number of carboxylic acids is 1. The molecule has 9 heteroatoms. The zero-order valence-corrected chi connectivity index (χ0v) is 26.0. The van der Waals surface area contributed by atoms with E-state index in [-0.39, 0.29) is 74.8 Å². The van der Waals surface area contributed by atoms with E-state index in [1.54, 1.807) is 12.1 Å². The number of carbonyl (C=O) groups excluding carboxylic acids is 1. The molecule has 4 rings (SSSR count). The van der Waals surface area contributed by atoms with E-state index in [1.807, 2.05) is 79.1 Å². The van der Waals surface area contributed by atoms with Gasteiger partial charge in [0.2, 0.25) is 0 Å². The fourth-order valence-corrected chi connectivity index (χ4v) is 5.20. The van der Waals surface area contributed by atoms with E-state index in [2.05, 4.69) is 5.32 Å². The summed E-state index contributed by atoms with van der Waals surface area (Å²) >= 11 is 0. The van der Waals surface area contributed by atoms with Crippen LogP contribution < -0.4 is 5.32 Å². The van der Waals surface area contributed by atoms with Gasteiger partial charge in [-0.1, -0.05) is 62.4 Å². The van der Waals surface area contributed by atoms with Crippen molar-refractivity contribution < 1.29 is 29.3 Å². The molecule has 0 aliphatic rings. The minimum absolute atomic E-state index is 0. The molecule has 0 saturated carbocycles. The molecule has 1 heterocycles. The number of anilines is 1. The molecule has 2 radical (unpaired) electrons. The molecule has 0 bridgehead atoms. The van der Waals surface area contributed by atoms with E-state index in [0.717, 1.165) is 11.3 Å². The van der Waals surface area contributed by atoms with Crippen molar-refractivity contribution in [1.29, 1.82) is 0 Å². The average Bonchev–Trinajstić information content (AvgIpc) is 3.28. The Labute approximate surface area is 275 Å². The summed E-state index contributed by atoms with van der Waals surface area (Å²) in [7, 11) is 0. The van der Waals surface area contributed by atoms with Crippen molar-refractivity contribution >= 4 is 55.3 Å². The number of aliphatic hydroxyl groups excluding tert-OH is 2. The number of para-hydroxylation sites is 1. The summed E-state index contributed by atoms with van der Waals surface area (Å²) in [6.07, 6.45) is -2.51. The van der Waals surface area contributed by atoms with Crippen molar-refractivity contribution in [2.45, 2.75) is 57.8 Å². The van der Waals surface area contributed by atoms with Crippen molar-refractivity contribution in [2.75, 3.05) is 5.32 Å². The molecule has 1 amide bonds. The molecule has 42 heavy (non-hydrogen) atoms. The second-order valence-corrected chi connectivity index (χ2v) is 10.4. The quantitative estimate of drug-likeness (QED) is 0.151. The van der Waals surface area contributed by atoms with Gasteiger partial charge in [-0.05, 0) is 66.3 Å². The molecule has 4 N–H and O–H groups in total. The Morgan fingerprint density at radius 2 is 1.45 bits per heavy atom. The smallest absolute Gasteiger partial charge is 0.305 e. The molecule has 2 atom stereocenters. The van der Waals surface area contributed by atoms with Crippen LogP contribution in [0.4, 0.5) is 10.1 Å². The van der Waals surface area contributed by atoms with Crippen LogP contribution in [0.5, 0.6) is 0 Å². The molecular formula is C33H35CaFN2O5. The van der Waals surface area contributed by atoms with E-state index in [4.69, 9.17) is 5.11 Å². The van der Waals surface area contributed by atoms with Gasteiger partial charge in [0.15, 0.2) is 0 Å². The van der Waals surface area contributed by atoms with Gasteiger partial charge in [-0.15, -0.1) is 0 Å². The average molecular weight is 599 g/mol. The van der Waals surface area contributed by atoms with Gasteiger partial charge in [0, 0.05) is 61.2 Å². The Kier molecular flexibility index (Phi) is 12.3. The van der Waals surface area contributed by atoms with Crippen LogP contribution in [-0.4, -0.2) is 81.7 Å². The van der Waals surface area contributed by atoms with Crippen LogP contribution in [0.3, 0.4) is 0 Å². The van der Waals surface area contributed by atoms with Crippen LogP contribution in [0, 0.1) is 5.82 Å². The first-order valence-electron chi connectivity index (χ1n) is 13.7. The van der Waals surface area contributed by atoms with Gasteiger partial charge >= 0.3 is 5.97 Å². The molecule has 2 unspecified atom stereocenters. The Morgan fingerprint density at radius 1 is 0.857 bits per heavy atom. The molecule has 0 aliphatic heterocycles. The monoisotopic (exact) mass is 598 g/mol. The van der Waals surface area contributed by atoms with Gasteiger partial charge in [0.05, 0.1) is 29.9 Å². The third-order valence-corrected chi connectivity index (χ3v) is 6.93. The van der Waals surface area contributed by atoms with E-state index in [1.165, 1.54) is 12.1 Å². The van der Waals surface area contributed by atoms with E-state index < -0.39 is 24.6 Å². The number of aliphatic carboxylic acids is 1. The number of hydrogen-bond donors (Lipinski definition) is 4. The summed E-state index contributed by atoms with van der Waals surface area (Å²) in [5.74, 6) is -1.93. The molecule has 216 valence electrons. The summed E-state index contributed by atoms with van der Waals surface area (Å²) in [6, 6.07) is 24.8. The fraction of sp³-hybridized carbons (Fsp3) is 0.273. The molecule has 0 fully saturated rings. The maximum absolute atomic E-state index is 14.0. The van der Waals surface area contributed by atoms with Crippen LogP contribution in [0.1, 0.15) is 55.1 Å². The molecule has 7 nitrogen and oxygen atoms in total. The molecule has 0 aliphatic carbocycles. The number of carboxylic acid groups (broad SMARTS) is 1. The van der Waals surface area contributed by atoms with Gasteiger partial charge in [0.25, 0.3) is 5.91 Å². The number of aromatic nitrogens is 1. The summed E-state index contributed by atoms with van der Waals surface area (Å²) in [4.78, 5) is 25.0. The predicted molar refractivity (Wildman–Crippen MR) is 163 cm³/mol. The van der Waals surface area contributed by atoms with Gasteiger partial charge < -0.3 is 25.2 Å². The summed E-state index contributed by atoms with van der Waals surface area (Å²) in [5, 5.41) is 32.8. The molecule has 3 aromatic carbocycles. The normalized spacial score (nSPS) is 12.4. The van der Waals surface area contributed by atoms with Crippen molar-refractivity contribution in [3.8, 4) is 22.4 Å². The molecular weight excluding hydrogens is 563 g/mol. The maximum atomic E-state index is 14.0. The van der Waals surface area contributed by atoms with Gasteiger partial charge in [0.1, 0.15) is 5.82 Å². The third kappa shape index (κ3) is 8.30. The van der Waals surface area contributed by atoms with Crippen LogP contribution in [0.25, 0.3) is 22.4 Å². The number of halogens is 1. The van der Waals surface area contributed by atoms with Gasteiger partial charge in [-0.25, -0.2) is 4.39 Å². The Morgan fingerprint density at radius 3 is 2.02 bits per heavy atom. The van der Waals surface area contributed by atoms with Gasteiger partial charge in [-0.3, -0.25) is 9.59 Å². The van der Waals surface area contributed by atoms with Crippen LogP contribution in [0.2, 0.25) is 0 Å². The minimum atomic E-state index is -1.18. The Bertz CT molecular complexity index is 1470. The third-order valence-electron chi connectivity index (χ3n) is 6.93. The number of amides is 1. The standard InChI is InChI=1S/C33H35FN2O5.Ca/c1-21(2)31-30(33(41)35-25-11-7-4-8-12-25)29(22-9-5-3-6-10-22)32(23-13-15-24(34)16-14-23)36(31)18-17-26(37)19-27(38)20-28(39)40;/h3-16,21,26-27,37-38H,17-20H2,1-2H3,(H,35,41)(H,39,40);. The number of nitrogens with zero attached hydrogens (tertiary/aromatic N) is 1. The Balaban J connectivity index is 0.00000484. The van der Waals surface area contributed by atoms with Crippen LogP contribution in [-0.2, 0) is 11.3 Å². The van der Waals surface area contributed by atoms with E-state index >= 15 is 0 Å². The van der Waals surface area contributed by atoms with E-state index in [0.29, 0.717) is 28.1 Å². The molecule has 4 aromatic rings. The number of benzene rings is 3. The summed E-state index contributed by atoms with van der Waals surface area (Å²) in [5.41, 5.74) is 4.77.